The van der Waals surface area contributed by atoms with E-state index in [-0.39, 0.29) is 47.9 Å². The number of ether oxygens (including phenoxy) is 1. The number of rotatable bonds is 6. The number of nitrogens with one attached hydrogen (secondary N) is 1. The first-order valence-corrected chi connectivity index (χ1v) is 13.7. The van der Waals surface area contributed by atoms with Crippen LogP contribution in [0.1, 0.15) is 59.3 Å². The van der Waals surface area contributed by atoms with Crippen molar-refractivity contribution in [2.45, 2.75) is 65.4 Å². The maximum Gasteiger partial charge on any atom is 0.405 e. The first-order valence-electron chi connectivity index (χ1n) is 13.7. The second kappa shape index (κ2) is 15.9. The number of fused-ring (bicyclic) bond motifs is 2. The zero-order chi connectivity index (χ0) is 29.8. The van der Waals surface area contributed by atoms with Crippen LogP contribution >= 0.6 is 0 Å². The van der Waals surface area contributed by atoms with Gasteiger partial charge in [0.15, 0.2) is 5.78 Å². The highest BCUT2D eigenvalue weighted by molar-refractivity contribution is 6.23. The minimum atomic E-state index is -0.975. The van der Waals surface area contributed by atoms with Gasteiger partial charge >= 0.3 is 6.09 Å². The summed E-state index contributed by atoms with van der Waals surface area (Å²) in [6.45, 7) is 8.63. The number of carbonyl (C=O) groups is 4. The molecule has 218 valence electrons. The van der Waals surface area contributed by atoms with Gasteiger partial charge in [-0.1, -0.05) is 37.3 Å². The zero-order valence-corrected chi connectivity index (χ0v) is 23.7. The highest BCUT2D eigenvalue weighted by Gasteiger charge is 2.31. The quantitative estimate of drug-likeness (QED) is 0.288. The topological polar surface area (TPSA) is 156 Å². The molecule has 0 spiro atoms. The van der Waals surface area contributed by atoms with E-state index < -0.39 is 24.0 Å². The van der Waals surface area contributed by atoms with E-state index in [1.807, 2.05) is 13.0 Å². The van der Waals surface area contributed by atoms with Crippen molar-refractivity contribution < 1.29 is 34.1 Å². The Morgan fingerprint density at radius 2 is 1.95 bits per heavy atom. The molecule has 2 rings (SSSR count). The molecule has 9 heteroatoms. The number of carbonyl (C=O) groups excluding carboxylic acids is 4. The summed E-state index contributed by atoms with van der Waals surface area (Å²) >= 11 is 0. The van der Waals surface area contributed by atoms with Crippen molar-refractivity contribution in [2.75, 3.05) is 13.2 Å². The number of ketones is 2. The highest BCUT2D eigenvalue weighted by Crippen LogP contribution is 2.31. The molecule has 0 saturated carbocycles. The number of hydrogen-bond donors (Lipinski definition) is 4. The van der Waals surface area contributed by atoms with E-state index in [9.17, 15) is 29.4 Å². The molecule has 0 radical (unpaired) electrons. The molecule has 2 amide bonds. The van der Waals surface area contributed by atoms with Crippen molar-refractivity contribution in [2.24, 2.45) is 23.5 Å². The van der Waals surface area contributed by atoms with E-state index in [1.165, 1.54) is 12.2 Å². The van der Waals surface area contributed by atoms with Gasteiger partial charge in [0, 0.05) is 35.3 Å². The molecule has 0 fully saturated rings. The van der Waals surface area contributed by atoms with Gasteiger partial charge in [-0.15, -0.1) is 6.58 Å². The second-order valence-corrected chi connectivity index (χ2v) is 10.5. The predicted molar refractivity (Wildman–Crippen MR) is 153 cm³/mol. The lowest BCUT2D eigenvalue weighted by molar-refractivity contribution is -0.120. The standard InChI is InChI=1S/C31H42N2O7/c1-5-6-13-24-25-15-19(2)14-22(17-34)11-7-9-20(3)29(40-31(32)39)23(18-35)12-8-10-21(4)30(38)33-26(28(25)37)16-27(24)36/h5,8-10,12,16,19,22-23,29,34-35H,1,6-7,11,13-15,17-18H2,2-4H3,(H2,32,39)(H,33,38)/b12-8-,20-9+,21-10+/t19-,22+,23?,29-/m0/s1. The third-order valence-corrected chi connectivity index (χ3v) is 7.24. The minimum absolute atomic E-state index is 0.0274. The summed E-state index contributed by atoms with van der Waals surface area (Å²) in [5, 5.41) is 22.6. The van der Waals surface area contributed by atoms with Crippen LogP contribution in [-0.4, -0.2) is 53.1 Å². The van der Waals surface area contributed by atoms with E-state index in [0.717, 1.165) is 0 Å². The summed E-state index contributed by atoms with van der Waals surface area (Å²) in [5.41, 5.74) is 7.00. The number of aliphatic hydroxyl groups excluding tert-OH is 2. The Balaban J connectivity index is 2.51. The average Bonchev–Trinajstić information content (AvgIpc) is 2.90. The summed E-state index contributed by atoms with van der Waals surface area (Å²) < 4.78 is 5.31. The van der Waals surface area contributed by atoms with Crippen molar-refractivity contribution in [1.29, 1.82) is 0 Å². The zero-order valence-electron chi connectivity index (χ0n) is 23.7. The Kier molecular flexibility index (Phi) is 13.0. The first kappa shape index (κ1) is 32.7. The van der Waals surface area contributed by atoms with Crippen LogP contribution in [-0.2, 0) is 19.1 Å². The van der Waals surface area contributed by atoms with Crippen LogP contribution in [0, 0.1) is 17.8 Å². The molecule has 0 saturated heterocycles. The molecular weight excluding hydrogens is 512 g/mol. The van der Waals surface area contributed by atoms with Gasteiger partial charge in [-0.05, 0) is 69.8 Å². The Morgan fingerprint density at radius 3 is 2.58 bits per heavy atom. The lowest BCUT2D eigenvalue weighted by Gasteiger charge is -2.24. The summed E-state index contributed by atoms with van der Waals surface area (Å²) in [6.07, 6.45) is 10.7. The predicted octanol–water partition coefficient (Wildman–Crippen LogP) is 3.74. The van der Waals surface area contributed by atoms with Crippen LogP contribution < -0.4 is 11.1 Å². The summed E-state index contributed by atoms with van der Waals surface area (Å²) in [7, 11) is 0. The smallest absolute Gasteiger partial charge is 0.405 e. The molecule has 2 bridgehead atoms. The van der Waals surface area contributed by atoms with Crippen LogP contribution in [0.5, 0.6) is 0 Å². The fourth-order valence-corrected chi connectivity index (χ4v) is 5.05. The Bertz CT molecular complexity index is 1140. The van der Waals surface area contributed by atoms with Crippen LogP contribution in [0.3, 0.4) is 0 Å². The number of primary amides is 1. The summed E-state index contributed by atoms with van der Waals surface area (Å²) in [6, 6.07) is 0. The maximum absolute atomic E-state index is 13.5. The monoisotopic (exact) mass is 554 g/mol. The third-order valence-electron chi connectivity index (χ3n) is 7.24. The van der Waals surface area contributed by atoms with Gasteiger partial charge in [-0.25, -0.2) is 4.79 Å². The first-order chi connectivity index (χ1) is 19.0. The fraction of sp³-hybridized carbons (Fsp3) is 0.484. The molecule has 4 atom stereocenters. The van der Waals surface area contributed by atoms with E-state index in [1.54, 1.807) is 32.1 Å². The normalized spacial score (nSPS) is 28.9. The molecule has 1 unspecified atom stereocenters. The number of Topliss-reactive ketones (excluding diaryl/α,β-unsaturated/α-hetero) is 1. The van der Waals surface area contributed by atoms with Gasteiger partial charge < -0.3 is 26.0 Å². The second-order valence-electron chi connectivity index (χ2n) is 10.5. The Morgan fingerprint density at radius 1 is 1.23 bits per heavy atom. The Hall–Kier alpha value is -3.56. The van der Waals surface area contributed by atoms with Crippen LogP contribution in [0.25, 0.3) is 0 Å². The molecule has 1 aliphatic heterocycles. The van der Waals surface area contributed by atoms with Gasteiger partial charge in [-0.2, -0.15) is 0 Å². The molecule has 0 aromatic rings. The Labute approximate surface area is 236 Å². The average molecular weight is 555 g/mol. The molecule has 0 aromatic heterocycles. The molecule has 1 aliphatic carbocycles. The van der Waals surface area contributed by atoms with Crippen molar-refractivity contribution in [3.63, 3.8) is 0 Å². The lowest BCUT2D eigenvalue weighted by Crippen LogP contribution is -2.33. The van der Waals surface area contributed by atoms with Gasteiger partial charge in [0.05, 0.1) is 12.3 Å². The molecule has 2 aliphatic rings. The van der Waals surface area contributed by atoms with Gasteiger partial charge in [0.2, 0.25) is 5.78 Å². The summed E-state index contributed by atoms with van der Waals surface area (Å²) in [5.74, 6) is -1.98. The van der Waals surface area contributed by atoms with Gasteiger partial charge in [0.1, 0.15) is 6.10 Å². The van der Waals surface area contributed by atoms with Gasteiger partial charge in [-0.3, -0.25) is 14.4 Å². The highest BCUT2D eigenvalue weighted by atomic mass is 16.6. The SMILES string of the molecule is C=CCCC1=C2C[C@@H](C)C[C@H](CO)CC/C=C(\C)[C@H](OC(N)=O)C(CO)/C=C\C=C(/C)C(=O)NC(=CC1=O)C2=O. The largest absolute Gasteiger partial charge is 0.441 e. The molecule has 0 aromatic carbocycles. The minimum Gasteiger partial charge on any atom is -0.441 e. The van der Waals surface area contributed by atoms with E-state index in [0.29, 0.717) is 55.2 Å². The molecule has 40 heavy (non-hydrogen) atoms. The van der Waals surface area contributed by atoms with Crippen LogP contribution in [0.4, 0.5) is 4.79 Å². The number of nitrogens with two attached hydrogens (primary N) is 1. The van der Waals surface area contributed by atoms with Crippen molar-refractivity contribution in [3.8, 4) is 0 Å². The van der Waals surface area contributed by atoms with E-state index >= 15 is 0 Å². The molecular formula is C31H42N2O7. The number of allylic oxidation sites excluding steroid dienone is 7. The maximum atomic E-state index is 13.5. The fourth-order valence-electron chi connectivity index (χ4n) is 5.05. The van der Waals surface area contributed by atoms with Crippen molar-refractivity contribution in [1.82, 2.24) is 5.32 Å². The van der Waals surface area contributed by atoms with Crippen molar-refractivity contribution in [3.05, 3.63) is 71.0 Å². The van der Waals surface area contributed by atoms with E-state index in [2.05, 4.69) is 11.9 Å². The summed E-state index contributed by atoms with van der Waals surface area (Å²) in [4.78, 5) is 51.0. The molecule has 5 N–H and O–H groups in total. The van der Waals surface area contributed by atoms with Crippen molar-refractivity contribution >= 4 is 23.6 Å². The van der Waals surface area contributed by atoms with E-state index in [4.69, 9.17) is 10.5 Å². The van der Waals surface area contributed by atoms with Crippen LogP contribution in [0.2, 0.25) is 0 Å². The van der Waals surface area contributed by atoms with Crippen LogP contribution in [0.15, 0.2) is 71.0 Å². The third kappa shape index (κ3) is 9.27. The number of aliphatic hydroxyl groups is 2. The number of amides is 2. The number of hydrogen-bond acceptors (Lipinski definition) is 7. The van der Waals surface area contributed by atoms with Gasteiger partial charge in [0.25, 0.3) is 5.91 Å². The lowest BCUT2D eigenvalue weighted by atomic mass is 9.81. The molecule has 9 nitrogen and oxygen atoms in total. The molecule has 1 heterocycles.